The lowest BCUT2D eigenvalue weighted by Crippen LogP contribution is -2.04. The Bertz CT molecular complexity index is 704. The number of hydrogen-bond donors (Lipinski definition) is 1. The van der Waals surface area contributed by atoms with Crippen molar-refractivity contribution in [3.63, 3.8) is 0 Å². The van der Waals surface area contributed by atoms with Gasteiger partial charge in [-0.1, -0.05) is 15.9 Å². The van der Waals surface area contributed by atoms with E-state index in [-0.39, 0.29) is 15.6 Å². The monoisotopic (exact) mass is 360 g/mol. The van der Waals surface area contributed by atoms with Crippen molar-refractivity contribution in [2.45, 2.75) is 6.61 Å². The van der Waals surface area contributed by atoms with Crippen LogP contribution in [0.1, 0.15) is 15.9 Å². The molecule has 2 rings (SSSR count). The molecule has 3 nitrogen and oxygen atoms in total. The van der Waals surface area contributed by atoms with Crippen molar-refractivity contribution < 1.29 is 27.8 Å². The minimum atomic E-state index is -1.23. The molecule has 0 fully saturated rings. The van der Waals surface area contributed by atoms with E-state index in [1.807, 2.05) is 0 Å². The molecule has 0 aliphatic rings. The Morgan fingerprint density at radius 3 is 2.52 bits per heavy atom. The van der Waals surface area contributed by atoms with Crippen LogP contribution in [0.5, 0.6) is 5.75 Å². The molecule has 7 heteroatoms. The van der Waals surface area contributed by atoms with Crippen LogP contribution in [0.2, 0.25) is 0 Å². The Morgan fingerprint density at radius 1 is 1.14 bits per heavy atom. The molecule has 0 saturated carbocycles. The van der Waals surface area contributed by atoms with Gasteiger partial charge >= 0.3 is 5.97 Å². The van der Waals surface area contributed by atoms with E-state index < -0.39 is 35.8 Å². The number of carboxylic acid groups (broad SMARTS) is 1. The molecule has 0 unspecified atom stereocenters. The molecule has 110 valence electrons. The highest BCUT2D eigenvalue weighted by atomic mass is 79.9. The van der Waals surface area contributed by atoms with Crippen molar-refractivity contribution in [3.05, 3.63) is 63.4 Å². The van der Waals surface area contributed by atoms with Crippen molar-refractivity contribution >= 4 is 21.9 Å². The van der Waals surface area contributed by atoms with Crippen molar-refractivity contribution in [2.75, 3.05) is 0 Å². The number of ether oxygens (including phenoxy) is 1. The number of carbonyl (C=O) groups is 1. The summed E-state index contributed by atoms with van der Waals surface area (Å²) in [7, 11) is 0. The lowest BCUT2D eigenvalue weighted by Gasteiger charge is -2.09. The first kappa shape index (κ1) is 15.4. The lowest BCUT2D eigenvalue weighted by atomic mass is 10.1. The Balaban J connectivity index is 2.24. The predicted molar refractivity (Wildman–Crippen MR) is 71.7 cm³/mol. The van der Waals surface area contributed by atoms with Gasteiger partial charge in [0, 0.05) is 10.0 Å². The van der Waals surface area contributed by atoms with Crippen LogP contribution in [0.25, 0.3) is 0 Å². The zero-order chi connectivity index (χ0) is 15.6. The summed E-state index contributed by atoms with van der Waals surface area (Å²) in [6.45, 7) is -0.431. The molecule has 1 N–H and O–H groups in total. The first-order valence-electron chi connectivity index (χ1n) is 5.67. The van der Waals surface area contributed by atoms with Crippen LogP contribution < -0.4 is 4.74 Å². The molecular weight excluding hydrogens is 353 g/mol. The summed E-state index contributed by atoms with van der Waals surface area (Å²) < 4.78 is 45.5. The van der Waals surface area contributed by atoms with Crippen LogP contribution in [0.4, 0.5) is 13.2 Å². The second-order valence-corrected chi connectivity index (χ2v) is 5.02. The molecule has 0 bridgehead atoms. The van der Waals surface area contributed by atoms with Crippen LogP contribution in [0.3, 0.4) is 0 Å². The summed E-state index contributed by atoms with van der Waals surface area (Å²) in [6.07, 6.45) is 0. The highest BCUT2D eigenvalue weighted by Crippen LogP contribution is 2.26. The van der Waals surface area contributed by atoms with Crippen molar-refractivity contribution in [1.82, 2.24) is 0 Å². The predicted octanol–water partition coefficient (Wildman–Crippen LogP) is 4.14. The number of halogens is 4. The Morgan fingerprint density at radius 2 is 1.86 bits per heavy atom. The van der Waals surface area contributed by atoms with Gasteiger partial charge in [-0.25, -0.2) is 13.6 Å². The van der Waals surface area contributed by atoms with Gasteiger partial charge in [-0.15, -0.1) is 0 Å². The molecular formula is C14H8BrF3O3. The van der Waals surface area contributed by atoms with E-state index in [0.717, 1.165) is 24.3 Å². The molecule has 0 amide bonds. The van der Waals surface area contributed by atoms with Gasteiger partial charge in [0.2, 0.25) is 5.82 Å². The maximum atomic E-state index is 13.5. The van der Waals surface area contributed by atoms with Crippen LogP contribution in [-0.2, 0) is 6.61 Å². The summed E-state index contributed by atoms with van der Waals surface area (Å²) in [4.78, 5) is 10.8. The van der Waals surface area contributed by atoms with Crippen molar-refractivity contribution in [2.24, 2.45) is 0 Å². The van der Waals surface area contributed by atoms with Gasteiger partial charge in [0.25, 0.3) is 0 Å². The molecule has 0 saturated heterocycles. The molecule has 0 aliphatic carbocycles. The van der Waals surface area contributed by atoms with Crippen molar-refractivity contribution in [3.8, 4) is 5.75 Å². The summed E-state index contributed by atoms with van der Waals surface area (Å²) in [5, 5.41) is 8.82. The Labute approximate surface area is 126 Å². The number of hydrogen-bond acceptors (Lipinski definition) is 2. The minimum absolute atomic E-state index is 0.0744. The molecule has 0 radical (unpaired) electrons. The highest BCUT2D eigenvalue weighted by Gasteiger charge is 2.13. The number of benzene rings is 2. The molecule has 2 aromatic carbocycles. The zero-order valence-electron chi connectivity index (χ0n) is 10.4. The van der Waals surface area contributed by atoms with Crippen LogP contribution >= 0.6 is 15.9 Å². The van der Waals surface area contributed by atoms with Crippen LogP contribution in [0, 0.1) is 17.5 Å². The number of rotatable bonds is 4. The SMILES string of the molecule is O=C(O)c1ccc(F)c(COc2cc(Br)cc(F)c2F)c1. The fourth-order valence-electron chi connectivity index (χ4n) is 1.61. The van der Waals surface area contributed by atoms with E-state index >= 15 is 0 Å². The lowest BCUT2D eigenvalue weighted by molar-refractivity contribution is 0.0696. The third-order valence-corrected chi connectivity index (χ3v) is 3.09. The third kappa shape index (κ3) is 3.55. The highest BCUT2D eigenvalue weighted by molar-refractivity contribution is 9.10. The van der Waals surface area contributed by atoms with Gasteiger partial charge in [0.15, 0.2) is 11.6 Å². The maximum Gasteiger partial charge on any atom is 0.335 e. The van der Waals surface area contributed by atoms with Crippen molar-refractivity contribution in [1.29, 1.82) is 0 Å². The quantitative estimate of drug-likeness (QED) is 0.833. The smallest absolute Gasteiger partial charge is 0.335 e. The van der Waals surface area contributed by atoms with E-state index in [4.69, 9.17) is 9.84 Å². The maximum absolute atomic E-state index is 13.5. The van der Waals surface area contributed by atoms with Gasteiger partial charge < -0.3 is 9.84 Å². The molecule has 0 aromatic heterocycles. The molecule has 2 aromatic rings. The topological polar surface area (TPSA) is 46.5 Å². The second-order valence-electron chi connectivity index (χ2n) is 4.10. The molecule has 0 atom stereocenters. The number of aromatic carboxylic acids is 1. The average molecular weight is 361 g/mol. The van der Waals surface area contributed by atoms with E-state index in [9.17, 15) is 18.0 Å². The second kappa shape index (κ2) is 6.17. The van der Waals surface area contributed by atoms with E-state index in [0.29, 0.717) is 0 Å². The fourth-order valence-corrected chi connectivity index (χ4v) is 2.02. The summed E-state index contributed by atoms with van der Waals surface area (Å²) in [5.74, 6) is -4.64. The standard InChI is InChI=1S/C14H8BrF3O3/c15-9-4-11(17)13(18)12(5-9)21-6-8-3-7(14(19)20)1-2-10(8)16/h1-5H,6H2,(H,19,20). The van der Waals surface area contributed by atoms with E-state index in [1.54, 1.807) is 0 Å². The van der Waals surface area contributed by atoms with Gasteiger partial charge in [0.1, 0.15) is 12.4 Å². The first-order chi connectivity index (χ1) is 9.88. The van der Waals surface area contributed by atoms with Gasteiger partial charge in [-0.2, -0.15) is 4.39 Å². The largest absolute Gasteiger partial charge is 0.486 e. The Kier molecular flexibility index (Phi) is 4.52. The molecule has 21 heavy (non-hydrogen) atoms. The van der Waals surface area contributed by atoms with Crippen LogP contribution in [-0.4, -0.2) is 11.1 Å². The fraction of sp³-hybridized carbons (Fsp3) is 0.0714. The summed E-state index contributed by atoms with van der Waals surface area (Å²) in [6, 6.07) is 5.26. The normalized spacial score (nSPS) is 10.5. The average Bonchev–Trinajstić information content (AvgIpc) is 2.42. The van der Waals surface area contributed by atoms with E-state index in [2.05, 4.69) is 15.9 Å². The zero-order valence-corrected chi connectivity index (χ0v) is 12.0. The molecule has 0 heterocycles. The van der Waals surface area contributed by atoms with Crippen LogP contribution in [0.15, 0.2) is 34.8 Å². The molecule has 0 aliphatic heterocycles. The molecule has 0 spiro atoms. The van der Waals surface area contributed by atoms with E-state index in [1.165, 1.54) is 6.07 Å². The summed E-state index contributed by atoms with van der Waals surface area (Å²) >= 11 is 2.98. The minimum Gasteiger partial charge on any atom is -0.486 e. The third-order valence-electron chi connectivity index (χ3n) is 2.64. The van der Waals surface area contributed by atoms with Gasteiger partial charge in [-0.3, -0.25) is 0 Å². The Hall–Kier alpha value is -2.02. The first-order valence-corrected chi connectivity index (χ1v) is 6.47. The number of carboxylic acids is 1. The summed E-state index contributed by atoms with van der Waals surface area (Å²) in [5.41, 5.74) is -0.203. The van der Waals surface area contributed by atoms with Gasteiger partial charge in [0.05, 0.1) is 5.56 Å². The van der Waals surface area contributed by atoms with Gasteiger partial charge in [-0.05, 0) is 30.3 Å².